The molecular weight excluding hydrogens is 744 g/mol. The lowest BCUT2D eigenvalue weighted by atomic mass is 9.70. The largest absolute Gasteiger partial charge is 0.455 e. The number of esters is 1. The van der Waals surface area contributed by atoms with Crippen LogP contribution >= 0.6 is 15.9 Å². The number of morpholine rings is 1. The van der Waals surface area contributed by atoms with Crippen molar-refractivity contribution < 1.29 is 38.5 Å². The molecule has 3 amide bonds. The average molecular weight is 802 g/mol. The van der Waals surface area contributed by atoms with Crippen molar-refractivity contribution in [3.8, 4) is 0 Å². The van der Waals surface area contributed by atoms with Gasteiger partial charge in [-0.15, -0.1) is 13.2 Å². The molecule has 4 heterocycles. The van der Waals surface area contributed by atoms with Gasteiger partial charge in [0.25, 0.3) is 0 Å². The van der Waals surface area contributed by atoms with E-state index < -0.39 is 53.7 Å². The van der Waals surface area contributed by atoms with Crippen molar-refractivity contribution in [2.24, 2.45) is 17.8 Å². The molecule has 1 N–H and O–H groups in total. The van der Waals surface area contributed by atoms with E-state index in [4.69, 9.17) is 14.2 Å². The van der Waals surface area contributed by atoms with Gasteiger partial charge in [-0.25, -0.2) is 0 Å². The predicted molar refractivity (Wildman–Crippen MR) is 204 cm³/mol. The molecule has 9 atom stereocenters. The number of carbonyl (C=O) groups is 4. The number of amides is 3. The van der Waals surface area contributed by atoms with Gasteiger partial charge in [0, 0.05) is 51.0 Å². The van der Waals surface area contributed by atoms with Crippen molar-refractivity contribution in [2.75, 3.05) is 59.6 Å². The summed E-state index contributed by atoms with van der Waals surface area (Å²) in [7, 11) is 1.69. The number of hydrogen-bond donors (Lipinski definition) is 1. The summed E-state index contributed by atoms with van der Waals surface area (Å²) < 4.78 is 18.7. The van der Waals surface area contributed by atoms with Crippen LogP contribution in [0.15, 0.2) is 55.6 Å². The van der Waals surface area contributed by atoms with Gasteiger partial charge < -0.3 is 34.0 Å². The van der Waals surface area contributed by atoms with Crippen molar-refractivity contribution in [3.05, 3.63) is 61.2 Å². The second-order valence-electron chi connectivity index (χ2n) is 15.2. The molecule has 53 heavy (non-hydrogen) atoms. The molecule has 4 saturated heterocycles. The number of benzene rings is 1. The Balaban J connectivity index is 1.50. The van der Waals surface area contributed by atoms with Gasteiger partial charge in [-0.05, 0) is 37.7 Å². The fourth-order valence-corrected chi connectivity index (χ4v) is 9.60. The zero-order valence-corrected chi connectivity index (χ0v) is 33.2. The Morgan fingerprint density at radius 1 is 1.13 bits per heavy atom. The number of rotatable bonds is 18. The van der Waals surface area contributed by atoms with Crippen molar-refractivity contribution in [1.29, 1.82) is 0 Å². The lowest BCUT2D eigenvalue weighted by Crippen LogP contribution is -2.59. The number of allylic oxidation sites excluding steroid dienone is 1. The van der Waals surface area contributed by atoms with E-state index in [0.29, 0.717) is 51.1 Å². The fraction of sp³-hybridized carbons (Fsp3) is 0.650. The normalized spacial score (nSPS) is 28.3. The van der Waals surface area contributed by atoms with Gasteiger partial charge in [0.2, 0.25) is 17.7 Å². The number of likely N-dealkylation sites (tertiary alicyclic amines) is 1. The molecule has 0 aliphatic carbocycles. The summed E-state index contributed by atoms with van der Waals surface area (Å²) in [6.07, 6.45) is 3.37. The predicted octanol–water partition coefficient (Wildman–Crippen LogP) is 3.59. The van der Waals surface area contributed by atoms with E-state index in [2.05, 4.69) is 34.0 Å². The van der Waals surface area contributed by atoms with Crippen LogP contribution in [0.3, 0.4) is 0 Å². The van der Waals surface area contributed by atoms with E-state index in [-0.39, 0.29) is 48.0 Å². The van der Waals surface area contributed by atoms with Crippen molar-refractivity contribution in [3.63, 3.8) is 0 Å². The summed E-state index contributed by atoms with van der Waals surface area (Å²) in [5.74, 6) is -3.34. The molecule has 12 nitrogen and oxygen atoms in total. The average Bonchev–Trinajstić information content (AvgIpc) is 3.76. The minimum Gasteiger partial charge on any atom is -0.455 e. The Kier molecular flexibility index (Phi) is 14.0. The van der Waals surface area contributed by atoms with Crippen molar-refractivity contribution >= 4 is 39.6 Å². The third-order valence-electron chi connectivity index (χ3n) is 11.4. The number of ether oxygens (including phenoxy) is 3. The van der Waals surface area contributed by atoms with Gasteiger partial charge in [0.1, 0.15) is 17.7 Å². The molecule has 0 aromatic heterocycles. The molecule has 0 radical (unpaired) electrons. The van der Waals surface area contributed by atoms with E-state index >= 15 is 0 Å². The third kappa shape index (κ3) is 8.44. The van der Waals surface area contributed by atoms with Crippen LogP contribution in [-0.2, 0) is 33.4 Å². The van der Waals surface area contributed by atoms with Crippen LogP contribution in [0.1, 0.15) is 58.1 Å². The Morgan fingerprint density at radius 3 is 2.45 bits per heavy atom. The molecule has 2 bridgehead atoms. The number of alkyl halides is 1. The Bertz CT molecular complexity index is 1470. The minimum atomic E-state index is -1.33. The summed E-state index contributed by atoms with van der Waals surface area (Å²) in [6.45, 7) is 17.2. The molecule has 1 spiro atoms. The van der Waals surface area contributed by atoms with Gasteiger partial charge in [-0.2, -0.15) is 0 Å². The molecule has 13 heteroatoms. The maximum Gasteiger partial charge on any atom is 0.313 e. The van der Waals surface area contributed by atoms with E-state index in [1.165, 1.54) is 4.90 Å². The molecular formula is C40H57BrN4O8. The molecule has 4 aliphatic heterocycles. The molecule has 1 unspecified atom stereocenters. The molecule has 1 aromatic carbocycles. The summed E-state index contributed by atoms with van der Waals surface area (Å²) in [5, 5.41) is 10.7. The highest BCUT2D eigenvalue weighted by molar-refractivity contribution is 9.09. The first kappa shape index (κ1) is 41.1. The summed E-state index contributed by atoms with van der Waals surface area (Å²) in [4.78, 5) is 64.3. The van der Waals surface area contributed by atoms with Crippen LogP contribution in [0.5, 0.6) is 0 Å². The SMILES string of the molecule is C=CCCC(=O)N(C)[C@@H](C)[C@@H](OC(=O)[C@H]1[C@@H]2O[C@@]3(CC2Br)[C@@H]1C(=O)N([C@@H](CO)CC(C)C)[C@@H]3C(=O)N(CC=C)CCN1CCOCC1)c1ccccc1. The van der Waals surface area contributed by atoms with Gasteiger partial charge in [0.15, 0.2) is 0 Å². The van der Waals surface area contributed by atoms with Gasteiger partial charge in [-0.3, -0.25) is 24.1 Å². The first-order valence-electron chi connectivity index (χ1n) is 19.0. The van der Waals surface area contributed by atoms with Crippen LogP contribution in [-0.4, -0.2) is 143 Å². The van der Waals surface area contributed by atoms with E-state index in [1.807, 2.05) is 51.1 Å². The number of halogens is 1. The van der Waals surface area contributed by atoms with Crippen molar-refractivity contribution in [1.82, 2.24) is 19.6 Å². The van der Waals surface area contributed by atoms with Crippen LogP contribution in [0.4, 0.5) is 0 Å². The summed E-state index contributed by atoms with van der Waals surface area (Å²) in [6, 6.07) is 6.98. The monoisotopic (exact) mass is 800 g/mol. The van der Waals surface area contributed by atoms with Crippen LogP contribution in [0, 0.1) is 17.8 Å². The highest BCUT2D eigenvalue weighted by Gasteiger charge is 2.77. The standard InChI is InChI=1S/C40H57BrN4O8/c1-7-9-15-31(47)42(6)27(5)34(28-13-11-10-12-14-28)52-39(50)32-33-37(48)45(29(25-46)23-26(3)4)36(40(33)24-30(41)35(32)53-40)38(49)44(16-8-2)18-17-43-19-21-51-22-20-43/h7-8,10-14,26-27,29-30,32-36,46H,1-2,9,15-25H2,3-6H3/t27-,29+,30?,32+,33-,34+,35+,36+,40-/m0/s1. The summed E-state index contributed by atoms with van der Waals surface area (Å²) in [5.41, 5.74) is -0.624. The highest BCUT2D eigenvalue weighted by atomic mass is 79.9. The second-order valence-corrected chi connectivity index (χ2v) is 16.4. The Hall–Kier alpha value is -3.10. The molecule has 5 rings (SSSR count). The lowest BCUT2D eigenvalue weighted by Gasteiger charge is -2.40. The minimum absolute atomic E-state index is 0.112. The lowest BCUT2D eigenvalue weighted by molar-refractivity contribution is -0.165. The molecule has 1 aromatic rings. The fourth-order valence-electron chi connectivity index (χ4n) is 8.66. The number of nitrogens with zero attached hydrogens (tertiary/aromatic N) is 4. The van der Waals surface area contributed by atoms with Gasteiger partial charge in [0.05, 0.1) is 49.8 Å². The quantitative estimate of drug-likeness (QED) is 0.135. The molecule has 4 aliphatic rings. The molecule has 0 saturated carbocycles. The highest BCUT2D eigenvalue weighted by Crippen LogP contribution is 2.61. The zero-order valence-electron chi connectivity index (χ0n) is 31.6. The number of aliphatic hydroxyl groups is 1. The van der Waals surface area contributed by atoms with Gasteiger partial charge >= 0.3 is 5.97 Å². The molecule has 4 fully saturated rings. The smallest absolute Gasteiger partial charge is 0.313 e. The number of aliphatic hydroxyl groups excluding tert-OH is 1. The van der Waals surface area contributed by atoms with Gasteiger partial charge in [-0.1, -0.05) is 72.3 Å². The van der Waals surface area contributed by atoms with Crippen molar-refractivity contribution in [2.45, 2.75) is 87.2 Å². The van der Waals surface area contributed by atoms with E-state index in [0.717, 1.165) is 13.1 Å². The topological polar surface area (TPSA) is 129 Å². The number of carbonyl (C=O) groups excluding carboxylic acids is 4. The number of fused-ring (bicyclic) bond motifs is 1. The number of hydrogen-bond acceptors (Lipinski definition) is 9. The first-order chi connectivity index (χ1) is 25.4. The first-order valence-corrected chi connectivity index (χ1v) is 19.9. The Morgan fingerprint density at radius 2 is 1.83 bits per heavy atom. The van der Waals surface area contributed by atoms with Crippen LogP contribution < -0.4 is 0 Å². The van der Waals surface area contributed by atoms with Crippen LogP contribution in [0.25, 0.3) is 0 Å². The maximum absolute atomic E-state index is 14.9. The van der Waals surface area contributed by atoms with E-state index in [9.17, 15) is 24.3 Å². The maximum atomic E-state index is 14.9. The van der Waals surface area contributed by atoms with Crippen LogP contribution in [0.2, 0.25) is 0 Å². The van der Waals surface area contributed by atoms with E-state index in [1.54, 1.807) is 29.0 Å². The summed E-state index contributed by atoms with van der Waals surface area (Å²) >= 11 is 3.77. The number of likely N-dealkylation sites (N-methyl/N-ethyl adjacent to an activating group) is 1. The molecule has 292 valence electrons. The Labute approximate surface area is 322 Å². The zero-order chi connectivity index (χ0) is 38.4. The third-order valence-corrected chi connectivity index (χ3v) is 12.3. The second kappa shape index (κ2) is 18.0.